The highest BCUT2D eigenvalue weighted by Gasteiger charge is 1.99. The molecule has 0 aliphatic heterocycles. The molecule has 0 aromatic heterocycles. The second-order valence-corrected chi connectivity index (χ2v) is 2.61. The number of nitriles is 1. The summed E-state index contributed by atoms with van der Waals surface area (Å²) in [6.07, 6.45) is 6.65. The Morgan fingerprint density at radius 2 is 2.25 bits per heavy atom. The summed E-state index contributed by atoms with van der Waals surface area (Å²) >= 11 is 0. The van der Waals surface area contributed by atoms with Crippen LogP contribution in [0.15, 0.2) is 11.6 Å². The van der Waals surface area contributed by atoms with E-state index in [-0.39, 0.29) is 0 Å². The summed E-state index contributed by atoms with van der Waals surface area (Å²) < 4.78 is 0. The molecule has 0 bridgehead atoms. The van der Waals surface area contributed by atoms with Crippen LogP contribution in [-0.4, -0.2) is 11.1 Å². The third kappa shape index (κ3) is 6.81. The van der Waals surface area contributed by atoms with E-state index < -0.39 is 5.97 Å². The second kappa shape index (κ2) is 6.41. The molecule has 0 aromatic rings. The normalized spacial score (nSPS) is 14.8. The zero-order valence-electron chi connectivity index (χ0n) is 7.21. The molecule has 1 aliphatic rings. The van der Waals surface area contributed by atoms with Crippen LogP contribution in [0.25, 0.3) is 0 Å². The summed E-state index contributed by atoms with van der Waals surface area (Å²) in [5.74, 6) is -0.833. The van der Waals surface area contributed by atoms with Gasteiger partial charge in [0.15, 0.2) is 0 Å². The van der Waals surface area contributed by atoms with Crippen LogP contribution >= 0.6 is 0 Å². The number of carboxylic acid groups (broad SMARTS) is 1. The van der Waals surface area contributed by atoms with Crippen LogP contribution < -0.4 is 0 Å². The fourth-order valence-electron chi connectivity index (χ4n) is 0.940. The quantitative estimate of drug-likeness (QED) is 0.601. The monoisotopic (exact) mass is 167 g/mol. The van der Waals surface area contributed by atoms with Gasteiger partial charge in [-0.2, -0.15) is 5.26 Å². The third-order valence-electron chi connectivity index (χ3n) is 1.43. The van der Waals surface area contributed by atoms with E-state index >= 15 is 0 Å². The molecule has 0 heterocycles. The van der Waals surface area contributed by atoms with E-state index in [1.807, 2.05) is 6.08 Å². The van der Waals surface area contributed by atoms with Gasteiger partial charge >= 0.3 is 0 Å². The molecular formula is C9H13NO2. The number of allylic oxidation sites excluding steroid dienone is 2. The van der Waals surface area contributed by atoms with Crippen LogP contribution in [-0.2, 0) is 4.79 Å². The van der Waals surface area contributed by atoms with Gasteiger partial charge in [-0.1, -0.05) is 6.08 Å². The Labute approximate surface area is 72.3 Å². The highest BCUT2D eigenvalue weighted by molar-refractivity contribution is 5.62. The van der Waals surface area contributed by atoms with Crippen LogP contribution in [0, 0.1) is 11.3 Å². The molecule has 0 fully saturated rings. The summed E-state index contributed by atoms with van der Waals surface area (Å²) in [5.41, 5.74) is 0.983. The number of hydrogen-bond donors (Lipinski definition) is 1. The Morgan fingerprint density at radius 3 is 2.50 bits per heavy atom. The van der Waals surface area contributed by atoms with E-state index in [2.05, 4.69) is 6.07 Å². The van der Waals surface area contributed by atoms with Crippen molar-refractivity contribution in [3.05, 3.63) is 11.6 Å². The molecular weight excluding hydrogens is 154 g/mol. The smallest absolute Gasteiger partial charge is 0.300 e. The lowest BCUT2D eigenvalue weighted by Gasteiger charge is -2.03. The first-order chi connectivity index (χ1) is 5.66. The Morgan fingerprint density at radius 1 is 1.67 bits per heavy atom. The molecule has 3 nitrogen and oxygen atoms in total. The first-order valence-electron chi connectivity index (χ1n) is 3.95. The molecule has 0 spiro atoms. The fourth-order valence-corrected chi connectivity index (χ4v) is 0.940. The molecule has 0 atom stereocenters. The van der Waals surface area contributed by atoms with E-state index in [1.54, 1.807) is 0 Å². The van der Waals surface area contributed by atoms with E-state index in [0.717, 1.165) is 25.3 Å². The Bertz CT molecular complexity index is 209. The maximum atomic E-state index is 9.00. The molecule has 0 radical (unpaired) electrons. The van der Waals surface area contributed by atoms with Crippen LogP contribution in [0.1, 0.15) is 32.6 Å². The van der Waals surface area contributed by atoms with Crippen molar-refractivity contribution in [3.8, 4) is 6.07 Å². The van der Waals surface area contributed by atoms with Crippen molar-refractivity contribution in [1.29, 1.82) is 5.26 Å². The van der Waals surface area contributed by atoms with Gasteiger partial charge in [-0.3, -0.25) is 4.79 Å². The second-order valence-electron chi connectivity index (χ2n) is 2.61. The van der Waals surface area contributed by atoms with E-state index in [0.29, 0.717) is 0 Å². The van der Waals surface area contributed by atoms with E-state index in [9.17, 15) is 0 Å². The van der Waals surface area contributed by atoms with Gasteiger partial charge < -0.3 is 5.11 Å². The predicted octanol–water partition coefficient (Wildman–Crippen LogP) is 2.10. The molecule has 0 saturated heterocycles. The van der Waals surface area contributed by atoms with Gasteiger partial charge in [0.1, 0.15) is 0 Å². The lowest BCUT2D eigenvalue weighted by atomic mass is 10.0. The van der Waals surface area contributed by atoms with Gasteiger partial charge in [0.2, 0.25) is 0 Å². The number of rotatable bonds is 0. The van der Waals surface area contributed by atoms with Crippen molar-refractivity contribution >= 4 is 5.97 Å². The summed E-state index contributed by atoms with van der Waals surface area (Å²) in [7, 11) is 0. The number of carbonyl (C=O) groups is 1. The summed E-state index contributed by atoms with van der Waals surface area (Å²) in [5, 5.41) is 15.8. The van der Waals surface area contributed by atoms with Gasteiger partial charge in [-0.25, -0.2) is 0 Å². The minimum atomic E-state index is -0.833. The van der Waals surface area contributed by atoms with E-state index in [1.165, 1.54) is 12.8 Å². The Hall–Kier alpha value is -1.30. The van der Waals surface area contributed by atoms with Crippen molar-refractivity contribution in [3.63, 3.8) is 0 Å². The maximum Gasteiger partial charge on any atom is 0.300 e. The zero-order valence-corrected chi connectivity index (χ0v) is 7.21. The molecule has 12 heavy (non-hydrogen) atoms. The number of carboxylic acids is 1. The standard InChI is InChI=1S/C7H9N.C2H4O2/c8-6-7-4-2-1-3-5-7;1-2(3)4/h4H,1-3,5H2;1H3,(H,3,4). The lowest BCUT2D eigenvalue weighted by Crippen LogP contribution is -1.87. The number of nitrogens with zero attached hydrogens (tertiary/aromatic N) is 1. The molecule has 1 aliphatic carbocycles. The SMILES string of the molecule is CC(=O)O.N#CC1=CCCCC1. The van der Waals surface area contributed by atoms with Crippen molar-refractivity contribution in [2.75, 3.05) is 0 Å². The summed E-state index contributed by atoms with van der Waals surface area (Å²) in [6, 6.07) is 2.16. The van der Waals surface area contributed by atoms with Gasteiger partial charge in [0.25, 0.3) is 5.97 Å². The van der Waals surface area contributed by atoms with Crippen LogP contribution in [0.4, 0.5) is 0 Å². The summed E-state index contributed by atoms with van der Waals surface area (Å²) in [4.78, 5) is 9.00. The molecule has 3 heteroatoms. The van der Waals surface area contributed by atoms with Gasteiger partial charge in [0.05, 0.1) is 6.07 Å². The molecule has 66 valence electrons. The van der Waals surface area contributed by atoms with Crippen molar-refractivity contribution in [2.45, 2.75) is 32.6 Å². The molecule has 0 aromatic carbocycles. The first-order valence-corrected chi connectivity index (χ1v) is 3.95. The predicted molar refractivity (Wildman–Crippen MR) is 45.5 cm³/mol. The first kappa shape index (κ1) is 10.7. The van der Waals surface area contributed by atoms with Gasteiger partial charge in [-0.05, 0) is 25.7 Å². The van der Waals surface area contributed by atoms with Crippen molar-refractivity contribution < 1.29 is 9.90 Å². The topological polar surface area (TPSA) is 61.1 Å². The highest BCUT2D eigenvalue weighted by Crippen LogP contribution is 2.15. The third-order valence-corrected chi connectivity index (χ3v) is 1.43. The van der Waals surface area contributed by atoms with Crippen molar-refractivity contribution in [1.82, 2.24) is 0 Å². The Balaban J connectivity index is 0.000000261. The van der Waals surface area contributed by atoms with Crippen LogP contribution in [0.5, 0.6) is 0 Å². The lowest BCUT2D eigenvalue weighted by molar-refractivity contribution is -0.134. The van der Waals surface area contributed by atoms with E-state index in [4.69, 9.17) is 15.2 Å². The molecule has 1 N–H and O–H groups in total. The zero-order chi connectivity index (χ0) is 9.40. The number of aliphatic carboxylic acids is 1. The molecule has 0 saturated carbocycles. The highest BCUT2D eigenvalue weighted by atomic mass is 16.4. The van der Waals surface area contributed by atoms with Gasteiger partial charge in [0, 0.05) is 12.5 Å². The van der Waals surface area contributed by atoms with Crippen molar-refractivity contribution in [2.24, 2.45) is 0 Å². The number of hydrogen-bond acceptors (Lipinski definition) is 2. The average molecular weight is 167 g/mol. The average Bonchev–Trinajstić information content (AvgIpc) is 2.05. The Kier molecular flexibility index (Phi) is 5.72. The molecule has 0 unspecified atom stereocenters. The van der Waals surface area contributed by atoms with Gasteiger partial charge in [-0.15, -0.1) is 0 Å². The van der Waals surface area contributed by atoms with Crippen LogP contribution in [0.3, 0.4) is 0 Å². The minimum absolute atomic E-state index is 0.833. The molecule has 0 amide bonds. The fraction of sp³-hybridized carbons (Fsp3) is 0.556. The maximum absolute atomic E-state index is 9.00. The van der Waals surface area contributed by atoms with Crippen LogP contribution in [0.2, 0.25) is 0 Å². The summed E-state index contributed by atoms with van der Waals surface area (Å²) in [6.45, 7) is 1.08. The largest absolute Gasteiger partial charge is 0.481 e. The minimum Gasteiger partial charge on any atom is -0.481 e. The molecule has 1 rings (SSSR count).